The molecule has 0 atom stereocenters. The van der Waals surface area contributed by atoms with E-state index in [0.29, 0.717) is 5.56 Å². The van der Waals surface area contributed by atoms with Crippen molar-refractivity contribution in [2.45, 2.75) is 12.7 Å². The number of aromatic amines is 1. The van der Waals surface area contributed by atoms with E-state index in [9.17, 15) is 32.3 Å². The number of hydrogen-bond donors (Lipinski definition) is 3. The predicted octanol–water partition coefficient (Wildman–Crippen LogP) is 4.20. The van der Waals surface area contributed by atoms with Gasteiger partial charge < -0.3 is 15.4 Å². The van der Waals surface area contributed by atoms with Crippen molar-refractivity contribution in [1.82, 2.24) is 29.3 Å². The number of carbonyl (C=O) groups is 1. The highest BCUT2D eigenvalue weighted by Gasteiger charge is 2.36. The van der Waals surface area contributed by atoms with Crippen LogP contribution in [0.25, 0.3) is 22.5 Å². The molecule has 5 aromatic rings. The monoisotopic (exact) mass is 553 g/mol. The van der Waals surface area contributed by atoms with Gasteiger partial charge in [0.2, 0.25) is 5.88 Å². The molecule has 10 nitrogen and oxygen atoms in total. The second-order valence-corrected chi connectivity index (χ2v) is 8.66. The molecule has 40 heavy (non-hydrogen) atoms. The lowest BCUT2D eigenvalue weighted by Crippen LogP contribution is -2.20. The van der Waals surface area contributed by atoms with Gasteiger partial charge in [0, 0.05) is 24.4 Å². The molecule has 14 heteroatoms. The summed E-state index contributed by atoms with van der Waals surface area (Å²) < 4.78 is 58.3. The van der Waals surface area contributed by atoms with Crippen LogP contribution in [0, 0.1) is 5.82 Å². The van der Waals surface area contributed by atoms with Crippen LogP contribution in [0.3, 0.4) is 0 Å². The van der Waals surface area contributed by atoms with Gasteiger partial charge in [0.15, 0.2) is 0 Å². The molecule has 0 radical (unpaired) electrons. The zero-order chi connectivity index (χ0) is 28.6. The molecule has 0 saturated heterocycles. The highest BCUT2D eigenvalue weighted by atomic mass is 19.4. The van der Waals surface area contributed by atoms with Crippen LogP contribution in [0.15, 0.2) is 71.9 Å². The standard InChI is InChI=1S/C26H19F4N7O3/c1-36-8-7-19(35-36)15-9-16(18(27)10-17(15)26(28,29)30)24(39)33-20-11-31-21(13-37-22(38)12-32-25(37)40)34-23(20)14-5-3-2-4-6-14/h2-12,38H,13H2,1H3,(H,32,40)(H,33,39). The van der Waals surface area contributed by atoms with Gasteiger partial charge in [-0.15, -0.1) is 0 Å². The molecule has 0 spiro atoms. The van der Waals surface area contributed by atoms with Crippen LogP contribution in [-0.2, 0) is 19.8 Å². The molecule has 3 aromatic heterocycles. The summed E-state index contributed by atoms with van der Waals surface area (Å²) in [5, 5.41) is 16.3. The number of aryl methyl sites for hydroxylation is 1. The van der Waals surface area contributed by atoms with Crippen LogP contribution in [0.5, 0.6) is 5.88 Å². The van der Waals surface area contributed by atoms with Crippen molar-refractivity contribution in [2.24, 2.45) is 7.05 Å². The van der Waals surface area contributed by atoms with E-state index in [-0.39, 0.29) is 41.4 Å². The minimum Gasteiger partial charge on any atom is -0.493 e. The van der Waals surface area contributed by atoms with E-state index >= 15 is 0 Å². The highest BCUT2D eigenvalue weighted by Crippen LogP contribution is 2.38. The summed E-state index contributed by atoms with van der Waals surface area (Å²) >= 11 is 0. The molecule has 3 heterocycles. The Morgan fingerprint density at radius 2 is 1.90 bits per heavy atom. The van der Waals surface area contributed by atoms with Crippen molar-refractivity contribution in [2.75, 3.05) is 5.32 Å². The Morgan fingerprint density at radius 3 is 2.52 bits per heavy atom. The average molecular weight is 553 g/mol. The number of aromatic hydroxyl groups is 1. The Labute approximate surface area is 222 Å². The maximum Gasteiger partial charge on any atom is 0.417 e. The molecule has 0 aliphatic carbocycles. The molecular weight excluding hydrogens is 534 g/mol. The smallest absolute Gasteiger partial charge is 0.417 e. The number of aromatic nitrogens is 6. The first-order valence-corrected chi connectivity index (χ1v) is 11.6. The highest BCUT2D eigenvalue weighted by molar-refractivity contribution is 6.06. The minimum absolute atomic E-state index is 0.0317. The first kappa shape index (κ1) is 26.3. The van der Waals surface area contributed by atoms with Crippen molar-refractivity contribution in [3.63, 3.8) is 0 Å². The fourth-order valence-electron chi connectivity index (χ4n) is 4.02. The average Bonchev–Trinajstić information content (AvgIpc) is 3.49. The van der Waals surface area contributed by atoms with Crippen LogP contribution in [0.2, 0.25) is 0 Å². The Morgan fingerprint density at radius 1 is 1.15 bits per heavy atom. The van der Waals surface area contributed by atoms with Crippen molar-refractivity contribution < 1.29 is 27.5 Å². The van der Waals surface area contributed by atoms with Crippen LogP contribution in [0.1, 0.15) is 21.7 Å². The first-order chi connectivity index (χ1) is 19.0. The van der Waals surface area contributed by atoms with Crippen LogP contribution in [0.4, 0.5) is 23.2 Å². The Hall–Kier alpha value is -5.27. The number of hydrogen-bond acceptors (Lipinski definition) is 6. The fraction of sp³-hybridized carbons (Fsp3) is 0.115. The second kappa shape index (κ2) is 10.1. The van der Waals surface area contributed by atoms with Crippen molar-refractivity contribution in [1.29, 1.82) is 0 Å². The number of rotatable bonds is 6. The maximum absolute atomic E-state index is 14.9. The van der Waals surface area contributed by atoms with E-state index in [1.165, 1.54) is 30.2 Å². The molecule has 3 N–H and O–H groups in total. The fourth-order valence-corrected chi connectivity index (χ4v) is 4.02. The zero-order valence-corrected chi connectivity index (χ0v) is 20.6. The molecule has 204 valence electrons. The zero-order valence-electron chi connectivity index (χ0n) is 20.6. The molecule has 0 unspecified atom stereocenters. The number of imidazole rings is 1. The second-order valence-electron chi connectivity index (χ2n) is 8.66. The van der Waals surface area contributed by atoms with Gasteiger partial charge in [-0.05, 0) is 18.2 Å². The van der Waals surface area contributed by atoms with E-state index in [1.54, 1.807) is 30.3 Å². The summed E-state index contributed by atoms with van der Waals surface area (Å²) in [6, 6.07) is 10.9. The van der Waals surface area contributed by atoms with Gasteiger partial charge in [0.25, 0.3) is 5.91 Å². The summed E-state index contributed by atoms with van der Waals surface area (Å²) in [4.78, 5) is 36.0. The van der Waals surface area contributed by atoms with Gasteiger partial charge in [-0.25, -0.2) is 19.2 Å². The van der Waals surface area contributed by atoms with Crippen molar-refractivity contribution in [3.8, 4) is 28.4 Å². The lowest BCUT2D eigenvalue weighted by molar-refractivity contribution is -0.137. The van der Waals surface area contributed by atoms with Crippen LogP contribution < -0.4 is 11.0 Å². The van der Waals surface area contributed by atoms with Gasteiger partial charge in [-0.1, -0.05) is 30.3 Å². The summed E-state index contributed by atoms with van der Waals surface area (Å²) in [6.07, 6.45) is -1.15. The third kappa shape index (κ3) is 5.18. The first-order valence-electron chi connectivity index (χ1n) is 11.6. The minimum atomic E-state index is -4.90. The Balaban J connectivity index is 1.55. The van der Waals surface area contributed by atoms with E-state index < -0.39 is 40.3 Å². The largest absolute Gasteiger partial charge is 0.493 e. The Kier molecular flexibility index (Phi) is 6.67. The Bertz CT molecular complexity index is 1780. The molecular formula is C26H19F4N7O3. The molecule has 1 amide bonds. The molecule has 0 bridgehead atoms. The molecule has 5 rings (SSSR count). The third-order valence-electron chi connectivity index (χ3n) is 5.93. The van der Waals surface area contributed by atoms with Gasteiger partial charge >= 0.3 is 11.9 Å². The summed E-state index contributed by atoms with van der Waals surface area (Å²) in [5.41, 5.74) is -2.34. The third-order valence-corrected chi connectivity index (χ3v) is 5.93. The van der Waals surface area contributed by atoms with Gasteiger partial charge in [0.05, 0.1) is 47.1 Å². The number of halogens is 4. The number of anilines is 1. The number of benzene rings is 2. The van der Waals surface area contributed by atoms with Gasteiger partial charge in [-0.2, -0.15) is 18.3 Å². The van der Waals surface area contributed by atoms with E-state index in [0.717, 1.165) is 16.8 Å². The molecule has 0 fully saturated rings. The topological polar surface area (TPSA) is 131 Å². The number of nitrogens with zero attached hydrogens (tertiary/aromatic N) is 5. The van der Waals surface area contributed by atoms with E-state index in [4.69, 9.17) is 0 Å². The van der Waals surface area contributed by atoms with Crippen molar-refractivity contribution >= 4 is 11.6 Å². The number of carbonyl (C=O) groups excluding carboxylic acids is 1. The van der Waals surface area contributed by atoms with Crippen LogP contribution in [-0.4, -0.2) is 40.3 Å². The summed E-state index contributed by atoms with van der Waals surface area (Å²) in [5.74, 6) is -2.66. The van der Waals surface area contributed by atoms with E-state index in [2.05, 4.69) is 25.4 Å². The lowest BCUT2D eigenvalue weighted by atomic mass is 9.99. The van der Waals surface area contributed by atoms with E-state index in [1.807, 2.05) is 0 Å². The number of nitrogens with one attached hydrogen (secondary N) is 2. The maximum atomic E-state index is 14.9. The molecule has 0 saturated carbocycles. The predicted molar refractivity (Wildman–Crippen MR) is 135 cm³/mol. The summed E-state index contributed by atoms with van der Waals surface area (Å²) in [7, 11) is 1.51. The molecule has 0 aliphatic rings. The van der Waals surface area contributed by atoms with Crippen molar-refractivity contribution in [3.05, 3.63) is 100 Å². The molecule has 0 aliphatic heterocycles. The SMILES string of the molecule is Cn1ccc(-c2cc(C(=O)Nc3cnc(Cn4c(O)c[nH]c4=O)nc3-c3ccccc3)c(F)cc2C(F)(F)F)n1. The number of amides is 1. The summed E-state index contributed by atoms with van der Waals surface area (Å²) in [6.45, 7) is -0.205. The quantitative estimate of drug-likeness (QED) is 0.270. The lowest BCUT2D eigenvalue weighted by Gasteiger charge is -2.15. The normalized spacial score (nSPS) is 11.5. The molecule has 2 aromatic carbocycles. The van der Waals surface area contributed by atoms with Gasteiger partial charge in [0.1, 0.15) is 11.6 Å². The number of alkyl halides is 3. The van der Waals surface area contributed by atoms with Crippen LogP contribution >= 0.6 is 0 Å². The van der Waals surface area contributed by atoms with Gasteiger partial charge in [-0.3, -0.25) is 14.0 Å². The number of H-pyrrole nitrogens is 1.